The van der Waals surface area contributed by atoms with Crippen molar-refractivity contribution in [1.82, 2.24) is 15.2 Å². The third-order valence-electron chi connectivity index (χ3n) is 2.76. The molecule has 0 unspecified atom stereocenters. The number of hydrogen-bond donors (Lipinski definition) is 2. The van der Waals surface area contributed by atoms with E-state index in [9.17, 15) is 9.59 Å². The van der Waals surface area contributed by atoms with Gasteiger partial charge in [-0.1, -0.05) is 19.9 Å². The summed E-state index contributed by atoms with van der Waals surface area (Å²) in [5.41, 5.74) is 0.773. The van der Waals surface area contributed by atoms with Crippen molar-refractivity contribution in [2.45, 2.75) is 33.2 Å². The lowest BCUT2D eigenvalue weighted by molar-refractivity contribution is 0.0690. The number of carbonyl (C=O) groups is 2. The van der Waals surface area contributed by atoms with Crippen molar-refractivity contribution in [3.8, 4) is 0 Å². The molecule has 6 heteroatoms. The van der Waals surface area contributed by atoms with Crippen molar-refractivity contribution < 1.29 is 14.7 Å². The maximum Gasteiger partial charge on any atom is 0.354 e. The van der Waals surface area contributed by atoms with E-state index in [0.717, 1.165) is 31.5 Å². The molecule has 2 amide bonds. The van der Waals surface area contributed by atoms with E-state index in [0.29, 0.717) is 6.54 Å². The highest BCUT2D eigenvalue weighted by atomic mass is 16.4. The number of carboxylic acids is 1. The van der Waals surface area contributed by atoms with Gasteiger partial charge in [0.1, 0.15) is 5.69 Å². The zero-order valence-electron chi connectivity index (χ0n) is 11.9. The number of hydrogen-bond acceptors (Lipinski definition) is 3. The van der Waals surface area contributed by atoms with E-state index in [1.807, 2.05) is 13.8 Å². The molecule has 0 bridgehead atoms. The predicted molar refractivity (Wildman–Crippen MR) is 75.6 cm³/mol. The van der Waals surface area contributed by atoms with Gasteiger partial charge in [-0.15, -0.1) is 0 Å². The highest BCUT2D eigenvalue weighted by Crippen LogP contribution is 2.01. The van der Waals surface area contributed by atoms with Gasteiger partial charge in [-0.25, -0.2) is 14.6 Å². The van der Waals surface area contributed by atoms with Gasteiger partial charge in [0.25, 0.3) is 0 Å². The lowest BCUT2D eigenvalue weighted by Gasteiger charge is -2.21. The van der Waals surface area contributed by atoms with Crippen LogP contribution in [0.2, 0.25) is 0 Å². The molecule has 2 N–H and O–H groups in total. The van der Waals surface area contributed by atoms with Crippen LogP contribution in [-0.2, 0) is 6.54 Å². The first-order valence-electron chi connectivity index (χ1n) is 6.79. The summed E-state index contributed by atoms with van der Waals surface area (Å²) in [7, 11) is 0. The topological polar surface area (TPSA) is 82.5 Å². The van der Waals surface area contributed by atoms with Gasteiger partial charge in [0, 0.05) is 25.8 Å². The van der Waals surface area contributed by atoms with E-state index >= 15 is 0 Å². The summed E-state index contributed by atoms with van der Waals surface area (Å²) >= 11 is 0. The molecule has 0 radical (unpaired) electrons. The molecule has 0 atom stereocenters. The Morgan fingerprint density at radius 3 is 2.35 bits per heavy atom. The number of aromatic carboxylic acids is 1. The Kier molecular flexibility index (Phi) is 6.49. The van der Waals surface area contributed by atoms with Crippen LogP contribution in [0.25, 0.3) is 0 Å². The molecule has 110 valence electrons. The second kappa shape index (κ2) is 8.14. The van der Waals surface area contributed by atoms with Crippen LogP contribution < -0.4 is 5.32 Å². The Bertz CT molecular complexity index is 439. The molecule has 20 heavy (non-hydrogen) atoms. The number of amides is 2. The predicted octanol–water partition coefficient (Wildman–Crippen LogP) is 2.11. The minimum atomic E-state index is -1.06. The average molecular weight is 279 g/mol. The van der Waals surface area contributed by atoms with Crippen LogP contribution in [-0.4, -0.2) is 40.1 Å². The van der Waals surface area contributed by atoms with Crippen LogP contribution in [0.1, 0.15) is 42.7 Å². The van der Waals surface area contributed by atoms with Gasteiger partial charge in [0.15, 0.2) is 0 Å². The van der Waals surface area contributed by atoms with Gasteiger partial charge >= 0.3 is 12.0 Å². The van der Waals surface area contributed by atoms with Gasteiger partial charge in [0.2, 0.25) is 0 Å². The standard InChI is InChI=1S/C14H21N3O3/c1-3-7-17(8-4-2)14(20)16-10-11-5-6-12(13(18)19)15-9-11/h5-6,9H,3-4,7-8,10H2,1-2H3,(H,16,20)(H,18,19). The molecule has 1 aromatic heterocycles. The first kappa shape index (κ1) is 15.9. The summed E-state index contributed by atoms with van der Waals surface area (Å²) in [6.45, 7) is 5.87. The fourth-order valence-electron chi connectivity index (χ4n) is 1.80. The van der Waals surface area contributed by atoms with Gasteiger partial charge in [-0.2, -0.15) is 0 Å². The fraction of sp³-hybridized carbons (Fsp3) is 0.500. The normalized spacial score (nSPS) is 10.1. The molecule has 0 spiro atoms. The van der Waals surface area contributed by atoms with Crippen LogP contribution in [0, 0.1) is 0 Å². The van der Waals surface area contributed by atoms with Crippen LogP contribution in [0.5, 0.6) is 0 Å². The monoisotopic (exact) mass is 279 g/mol. The second-order valence-corrected chi connectivity index (χ2v) is 4.50. The van der Waals surface area contributed by atoms with Crippen molar-refractivity contribution in [1.29, 1.82) is 0 Å². The van der Waals surface area contributed by atoms with E-state index in [1.165, 1.54) is 12.3 Å². The number of pyridine rings is 1. The quantitative estimate of drug-likeness (QED) is 0.800. The zero-order chi connectivity index (χ0) is 15.0. The maximum atomic E-state index is 12.0. The molecule has 1 aromatic rings. The van der Waals surface area contributed by atoms with Crippen molar-refractivity contribution in [2.75, 3.05) is 13.1 Å². The number of carboxylic acid groups (broad SMARTS) is 1. The van der Waals surface area contributed by atoms with Gasteiger partial charge in [-0.3, -0.25) is 0 Å². The van der Waals surface area contributed by atoms with Crippen molar-refractivity contribution >= 4 is 12.0 Å². The Balaban J connectivity index is 2.52. The van der Waals surface area contributed by atoms with Crippen molar-refractivity contribution in [3.63, 3.8) is 0 Å². The minimum Gasteiger partial charge on any atom is -0.477 e. The molecule has 0 aliphatic rings. The molecule has 0 aliphatic heterocycles. The van der Waals surface area contributed by atoms with Gasteiger partial charge < -0.3 is 15.3 Å². The molecular formula is C14H21N3O3. The summed E-state index contributed by atoms with van der Waals surface area (Å²) in [5.74, 6) is -1.06. The van der Waals surface area contributed by atoms with E-state index < -0.39 is 5.97 Å². The van der Waals surface area contributed by atoms with Crippen LogP contribution in [0.3, 0.4) is 0 Å². The number of rotatable bonds is 7. The molecule has 6 nitrogen and oxygen atoms in total. The highest BCUT2D eigenvalue weighted by Gasteiger charge is 2.11. The molecule has 0 saturated carbocycles. The Hall–Kier alpha value is -2.11. The maximum absolute atomic E-state index is 12.0. The summed E-state index contributed by atoms with van der Waals surface area (Å²) in [4.78, 5) is 28.2. The number of aromatic nitrogens is 1. The third kappa shape index (κ3) is 4.87. The molecule has 0 aliphatic carbocycles. The van der Waals surface area contributed by atoms with Crippen molar-refractivity contribution in [2.24, 2.45) is 0 Å². The summed E-state index contributed by atoms with van der Waals surface area (Å²) in [5, 5.41) is 11.6. The minimum absolute atomic E-state index is 0.00123. The number of nitrogens with one attached hydrogen (secondary N) is 1. The summed E-state index contributed by atoms with van der Waals surface area (Å²) in [6.07, 6.45) is 3.30. The zero-order valence-corrected chi connectivity index (χ0v) is 11.9. The van der Waals surface area contributed by atoms with Crippen LogP contribution in [0.4, 0.5) is 4.79 Å². The summed E-state index contributed by atoms with van der Waals surface area (Å²) in [6, 6.07) is 2.98. The van der Waals surface area contributed by atoms with Gasteiger partial charge in [-0.05, 0) is 24.5 Å². The molecule has 1 heterocycles. The summed E-state index contributed by atoms with van der Waals surface area (Å²) < 4.78 is 0. The molecular weight excluding hydrogens is 258 g/mol. The van der Waals surface area contributed by atoms with Crippen LogP contribution >= 0.6 is 0 Å². The van der Waals surface area contributed by atoms with Crippen LogP contribution in [0.15, 0.2) is 18.3 Å². The molecule has 1 rings (SSSR count). The van der Waals surface area contributed by atoms with E-state index in [2.05, 4.69) is 10.3 Å². The Morgan fingerprint density at radius 1 is 1.25 bits per heavy atom. The molecule has 0 saturated heterocycles. The number of carbonyl (C=O) groups excluding carboxylic acids is 1. The molecule has 0 aromatic carbocycles. The van der Waals surface area contributed by atoms with Crippen molar-refractivity contribution in [3.05, 3.63) is 29.6 Å². The number of nitrogens with zero attached hydrogens (tertiary/aromatic N) is 2. The Morgan fingerprint density at radius 2 is 1.90 bits per heavy atom. The van der Waals surface area contributed by atoms with E-state index in [4.69, 9.17) is 5.11 Å². The highest BCUT2D eigenvalue weighted by molar-refractivity contribution is 5.85. The fourth-order valence-corrected chi connectivity index (χ4v) is 1.80. The lowest BCUT2D eigenvalue weighted by atomic mass is 10.2. The van der Waals surface area contributed by atoms with Gasteiger partial charge in [0.05, 0.1) is 0 Å². The largest absolute Gasteiger partial charge is 0.477 e. The second-order valence-electron chi connectivity index (χ2n) is 4.50. The average Bonchev–Trinajstić information content (AvgIpc) is 2.45. The molecule has 0 fully saturated rings. The SMILES string of the molecule is CCCN(CCC)C(=O)NCc1ccc(C(=O)O)nc1. The number of urea groups is 1. The van der Waals surface area contributed by atoms with E-state index in [1.54, 1.807) is 11.0 Å². The first-order chi connectivity index (χ1) is 9.58. The third-order valence-corrected chi connectivity index (χ3v) is 2.76. The van der Waals surface area contributed by atoms with E-state index in [-0.39, 0.29) is 11.7 Å². The lowest BCUT2D eigenvalue weighted by Crippen LogP contribution is -2.40. The Labute approximate surface area is 118 Å². The first-order valence-corrected chi connectivity index (χ1v) is 6.79. The smallest absolute Gasteiger partial charge is 0.354 e.